The molecule has 128 valence electrons. The van der Waals surface area contributed by atoms with Crippen LogP contribution in [0, 0.1) is 5.41 Å². The smallest absolute Gasteiger partial charge is 0.222 e. The summed E-state index contributed by atoms with van der Waals surface area (Å²) in [5.41, 5.74) is 1.59. The molecule has 2 heterocycles. The van der Waals surface area contributed by atoms with Gasteiger partial charge in [-0.15, -0.1) is 12.4 Å². The molecule has 2 aliphatic heterocycles. The summed E-state index contributed by atoms with van der Waals surface area (Å²) in [7, 11) is 1.68. The van der Waals surface area contributed by atoms with E-state index in [0.717, 1.165) is 56.8 Å². The summed E-state index contributed by atoms with van der Waals surface area (Å²) in [6.07, 6.45) is 4.91. The standard InChI is InChI=1S/C18H26N2O2.ClH/c1-22-16-5-3-2-4-15(16)6-7-17(21)20-12-9-18(10-13-20)8-11-19-14-18;/h2-5,19H,6-14H2,1H3;1H. The minimum absolute atomic E-state index is 0. The summed E-state index contributed by atoms with van der Waals surface area (Å²) < 4.78 is 5.35. The van der Waals surface area contributed by atoms with E-state index in [1.165, 1.54) is 6.42 Å². The van der Waals surface area contributed by atoms with Gasteiger partial charge in [-0.05, 0) is 49.3 Å². The number of rotatable bonds is 4. The molecule has 1 amide bonds. The van der Waals surface area contributed by atoms with E-state index in [9.17, 15) is 4.79 Å². The van der Waals surface area contributed by atoms with Gasteiger partial charge in [0.1, 0.15) is 5.75 Å². The van der Waals surface area contributed by atoms with Crippen LogP contribution in [0.3, 0.4) is 0 Å². The largest absolute Gasteiger partial charge is 0.496 e. The van der Waals surface area contributed by atoms with Crippen LogP contribution >= 0.6 is 12.4 Å². The zero-order chi connectivity index (χ0) is 15.4. The van der Waals surface area contributed by atoms with Crippen LogP contribution in [0.1, 0.15) is 31.2 Å². The lowest BCUT2D eigenvalue weighted by molar-refractivity contribution is -0.133. The number of amides is 1. The minimum atomic E-state index is 0. The quantitative estimate of drug-likeness (QED) is 0.917. The molecule has 5 heteroatoms. The lowest BCUT2D eigenvalue weighted by Crippen LogP contribution is -2.44. The van der Waals surface area contributed by atoms with Crippen LogP contribution in [-0.4, -0.2) is 44.1 Å². The normalized spacial score (nSPS) is 19.4. The third-order valence-electron chi connectivity index (χ3n) is 5.31. The van der Waals surface area contributed by atoms with Crippen molar-refractivity contribution in [3.05, 3.63) is 29.8 Å². The highest BCUT2D eigenvalue weighted by Gasteiger charge is 2.37. The van der Waals surface area contributed by atoms with Crippen LogP contribution in [0.2, 0.25) is 0 Å². The molecule has 1 aromatic carbocycles. The van der Waals surface area contributed by atoms with Crippen molar-refractivity contribution in [3.63, 3.8) is 0 Å². The maximum atomic E-state index is 12.4. The second-order valence-electron chi connectivity index (χ2n) is 6.62. The van der Waals surface area contributed by atoms with E-state index in [0.29, 0.717) is 11.8 Å². The van der Waals surface area contributed by atoms with Crippen molar-refractivity contribution in [1.29, 1.82) is 0 Å². The molecule has 1 aromatic rings. The van der Waals surface area contributed by atoms with Crippen molar-refractivity contribution in [2.45, 2.75) is 32.1 Å². The number of ether oxygens (including phenoxy) is 1. The number of carbonyl (C=O) groups excluding carboxylic acids is 1. The van der Waals surface area contributed by atoms with Crippen molar-refractivity contribution in [2.24, 2.45) is 5.41 Å². The number of piperidine rings is 1. The first-order chi connectivity index (χ1) is 10.7. The number of para-hydroxylation sites is 1. The molecule has 1 spiro atoms. The van der Waals surface area contributed by atoms with Crippen LogP contribution in [0.25, 0.3) is 0 Å². The fourth-order valence-electron chi connectivity index (χ4n) is 3.76. The topological polar surface area (TPSA) is 41.6 Å². The SMILES string of the molecule is COc1ccccc1CCC(=O)N1CCC2(CCNC2)CC1.Cl. The van der Waals surface area contributed by atoms with Crippen LogP contribution in [-0.2, 0) is 11.2 Å². The van der Waals surface area contributed by atoms with Crippen LogP contribution in [0.4, 0.5) is 0 Å². The van der Waals surface area contributed by atoms with E-state index in [1.54, 1.807) is 7.11 Å². The number of halogens is 1. The zero-order valence-electron chi connectivity index (χ0n) is 13.8. The van der Waals surface area contributed by atoms with Gasteiger partial charge in [-0.1, -0.05) is 18.2 Å². The Labute approximate surface area is 145 Å². The van der Waals surface area contributed by atoms with Gasteiger partial charge in [0.25, 0.3) is 0 Å². The van der Waals surface area contributed by atoms with Crippen molar-refractivity contribution >= 4 is 18.3 Å². The maximum Gasteiger partial charge on any atom is 0.222 e. The fraction of sp³-hybridized carbons (Fsp3) is 0.611. The Morgan fingerprint density at radius 3 is 2.65 bits per heavy atom. The second-order valence-corrected chi connectivity index (χ2v) is 6.62. The Hall–Kier alpha value is -1.26. The number of methoxy groups -OCH3 is 1. The van der Waals surface area contributed by atoms with Gasteiger partial charge in [-0.3, -0.25) is 4.79 Å². The van der Waals surface area contributed by atoms with Gasteiger partial charge in [0.15, 0.2) is 0 Å². The molecule has 2 saturated heterocycles. The first-order valence-corrected chi connectivity index (χ1v) is 8.33. The molecule has 0 aliphatic carbocycles. The zero-order valence-corrected chi connectivity index (χ0v) is 14.7. The molecule has 23 heavy (non-hydrogen) atoms. The minimum Gasteiger partial charge on any atom is -0.496 e. The summed E-state index contributed by atoms with van der Waals surface area (Å²) in [6, 6.07) is 7.96. The van der Waals surface area contributed by atoms with Gasteiger partial charge in [-0.2, -0.15) is 0 Å². The Bertz CT molecular complexity index is 520. The van der Waals surface area contributed by atoms with Crippen molar-refractivity contribution in [3.8, 4) is 5.75 Å². The number of aryl methyl sites for hydroxylation is 1. The Morgan fingerprint density at radius 2 is 2.00 bits per heavy atom. The lowest BCUT2D eigenvalue weighted by Gasteiger charge is -2.39. The molecular formula is C18H27ClN2O2. The molecule has 0 bridgehead atoms. The van der Waals surface area contributed by atoms with Crippen LogP contribution < -0.4 is 10.1 Å². The predicted molar refractivity (Wildman–Crippen MR) is 94.3 cm³/mol. The van der Waals surface area contributed by atoms with Crippen molar-refractivity contribution < 1.29 is 9.53 Å². The Balaban J connectivity index is 0.00000192. The summed E-state index contributed by atoms with van der Waals surface area (Å²) >= 11 is 0. The fourth-order valence-corrected chi connectivity index (χ4v) is 3.76. The summed E-state index contributed by atoms with van der Waals surface area (Å²) in [5.74, 6) is 1.16. The van der Waals surface area contributed by atoms with E-state index in [4.69, 9.17) is 4.74 Å². The van der Waals surface area contributed by atoms with Gasteiger partial charge in [0.2, 0.25) is 5.91 Å². The monoisotopic (exact) mass is 338 g/mol. The number of benzene rings is 1. The average Bonchev–Trinajstić information content (AvgIpc) is 3.01. The highest BCUT2D eigenvalue weighted by atomic mass is 35.5. The van der Waals surface area contributed by atoms with E-state index in [1.807, 2.05) is 24.3 Å². The Morgan fingerprint density at radius 1 is 1.26 bits per heavy atom. The highest BCUT2D eigenvalue weighted by Crippen LogP contribution is 2.37. The van der Waals surface area contributed by atoms with Gasteiger partial charge >= 0.3 is 0 Å². The average molecular weight is 339 g/mol. The van der Waals surface area contributed by atoms with E-state index < -0.39 is 0 Å². The van der Waals surface area contributed by atoms with Crippen LogP contribution in [0.5, 0.6) is 5.75 Å². The number of hydrogen-bond donors (Lipinski definition) is 1. The molecule has 0 atom stereocenters. The first-order valence-electron chi connectivity index (χ1n) is 8.33. The molecule has 2 aliphatic rings. The Kier molecular flexibility index (Phi) is 6.31. The molecule has 0 aromatic heterocycles. The molecule has 3 rings (SSSR count). The van der Waals surface area contributed by atoms with Crippen molar-refractivity contribution in [1.82, 2.24) is 10.2 Å². The third kappa shape index (κ3) is 4.18. The second kappa shape index (κ2) is 8.02. The van der Waals surface area contributed by atoms with Crippen LogP contribution in [0.15, 0.2) is 24.3 Å². The van der Waals surface area contributed by atoms with Gasteiger partial charge < -0.3 is 15.0 Å². The predicted octanol–water partition coefficient (Wildman–Crippen LogP) is 2.65. The summed E-state index contributed by atoms with van der Waals surface area (Å²) in [5, 5.41) is 3.47. The molecule has 0 unspecified atom stereocenters. The lowest BCUT2D eigenvalue weighted by atomic mass is 9.78. The molecule has 2 fully saturated rings. The number of likely N-dealkylation sites (tertiary alicyclic amines) is 1. The molecule has 0 radical (unpaired) electrons. The van der Waals surface area contributed by atoms with Gasteiger partial charge in [0.05, 0.1) is 7.11 Å². The van der Waals surface area contributed by atoms with Gasteiger partial charge in [0, 0.05) is 26.1 Å². The molecule has 0 saturated carbocycles. The third-order valence-corrected chi connectivity index (χ3v) is 5.31. The number of nitrogens with zero attached hydrogens (tertiary/aromatic N) is 1. The summed E-state index contributed by atoms with van der Waals surface area (Å²) in [4.78, 5) is 14.5. The first kappa shape index (κ1) is 18.1. The molecule has 1 N–H and O–H groups in total. The number of carbonyl (C=O) groups is 1. The maximum absolute atomic E-state index is 12.4. The van der Waals surface area contributed by atoms with Gasteiger partial charge in [-0.25, -0.2) is 0 Å². The number of nitrogens with one attached hydrogen (secondary N) is 1. The van der Waals surface area contributed by atoms with E-state index in [-0.39, 0.29) is 18.3 Å². The molecular weight excluding hydrogens is 312 g/mol. The number of hydrogen-bond acceptors (Lipinski definition) is 3. The highest BCUT2D eigenvalue weighted by molar-refractivity contribution is 5.85. The van der Waals surface area contributed by atoms with Crippen molar-refractivity contribution in [2.75, 3.05) is 33.3 Å². The van der Waals surface area contributed by atoms with E-state index in [2.05, 4.69) is 10.2 Å². The van der Waals surface area contributed by atoms with E-state index >= 15 is 0 Å². The molecule has 4 nitrogen and oxygen atoms in total. The summed E-state index contributed by atoms with van der Waals surface area (Å²) in [6.45, 7) is 4.12.